The quantitative estimate of drug-likeness (QED) is 0.834. The highest BCUT2D eigenvalue weighted by atomic mass is 19.1. The van der Waals surface area contributed by atoms with Crippen LogP contribution in [0.3, 0.4) is 0 Å². The van der Waals surface area contributed by atoms with E-state index in [0.717, 1.165) is 18.9 Å². The number of carboxylic acid groups (broad SMARTS) is 1. The highest BCUT2D eigenvalue weighted by molar-refractivity contribution is 5.88. The van der Waals surface area contributed by atoms with Crippen LogP contribution in [0.2, 0.25) is 0 Å². The molecule has 0 atom stereocenters. The highest BCUT2D eigenvalue weighted by Gasteiger charge is 2.30. The molecule has 0 amide bonds. The van der Waals surface area contributed by atoms with Crippen molar-refractivity contribution in [2.45, 2.75) is 25.0 Å². The maximum atomic E-state index is 13.7. The average molecular weight is 240 g/mol. The molecule has 92 valence electrons. The number of hydrogen-bond acceptors (Lipinski definition) is 4. The zero-order valence-electron chi connectivity index (χ0n) is 9.31. The molecule has 5 nitrogen and oxygen atoms in total. The number of nitrogens with zero attached hydrogens (tertiary/aromatic N) is 1. The number of nitrogens with one attached hydrogen (secondary N) is 1. The Hall–Kier alpha value is -1.69. The number of methoxy groups -OCH3 is 1. The van der Waals surface area contributed by atoms with Crippen LogP contribution in [0.1, 0.15) is 23.2 Å². The van der Waals surface area contributed by atoms with Gasteiger partial charge in [0.15, 0.2) is 11.6 Å². The molecule has 0 aliphatic heterocycles. The van der Waals surface area contributed by atoms with Gasteiger partial charge in [-0.3, -0.25) is 0 Å². The number of carbonyl (C=O) groups is 1. The summed E-state index contributed by atoms with van der Waals surface area (Å²) in [4.78, 5) is 14.5. The van der Waals surface area contributed by atoms with E-state index in [1.54, 1.807) is 7.11 Å². The van der Waals surface area contributed by atoms with Crippen molar-refractivity contribution in [2.75, 3.05) is 12.4 Å². The van der Waals surface area contributed by atoms with Gasteiger partial charge in [0.25, 0.3) is 0 Å². The van der Waals surface area contributed by atoms with Crippen molar-refractivity contribution in [1.29, 1.82) is 0 Å². The van der Waals surface area contributed by atoms with E-state index < -0.39 is 11.8 Å². The lowest BCUT2D eigenvalue weighted by molar-refractivity contribution is 0.0327. The van der Waals surface area contributed by atoms with Crippen LogP contribution in [0, 0.1) is 5.82 Å². The molecule has 1 fully saturated rings. The Kier molecular flexibility index (Phi) is 3.23. The van der Waals surface area contributed by atoms with Gasteiger partial charge >= 0.3 is 5.97 Å². The second kappa shape index (κ2) is 4.67. The Morgan fingerprint density at radius 2 is 2.35 bits per heavy atom. The summed E-state index contributed by atoms with van der Waals surface area (Å²) in [6.07, 6.45) is 3.02. The molecule has 0 unspecified atom stereocenters. The van der Waals surface area contributed by atoms with E-state index in [0.29, 0.717) is 0 Å². The van der Waals surface area contributed by atoms with E-state index in [2.05, 4.69) is 10.3 Å². The molecule has 1 aliphatic carbocycles. The summed E-state index contributed by atoms with van der Waals surface area (Å²) in [6.45, 7) is 0. The van der Waals surface area contributed by atoms with Crippen LogP contribution in [0.4, 0.5) is 10.2 Å². The zero-order valence-corrected chi connectivity index (χ0v) is 9.31. The van der Waals surface area contributed by atoms with Crippen molar-refractivity contribution in [2.24, 2.45) is 0 Å². The Bertz CT molecular complexity index is 433. The lowest BCUT2D eigenvalue weighted by atomic mass is 9.89. The van der Waals surface area contributed by atoms with Crippen LogP contribution < -0.4 is 5.32 Å². The van der Waals surface area contributed by atoms with Gasteiger partial charge in [-0.25, -0.2) is 14.2 Å². The van der Waals surface area contributed by atoms with Crippen LogP contribution in [-0.4, -0.2) is 35.3 Å². The molecule has 1 saturated carbocycles. The van der Waals surface area contributed by atoms with Gasteiger partial charge in [0.05, 0.1) is 6.10 Å². The topological polar surface area (TPSA) is 71.5 Å². The molecule has 1 aromatic rings. The molecule has 0 aromatic carbocycles. The third kappa shape index (κ3) is 2.36. The Morgan fingerprint density at radius 3 is 2.94 bits per heavy atom. The molecular weight excluding hydrogens is 227 g/mol. The van der Waals surface area contributed by atoms with E-state index in [-0.39, 0.29) is 23.5 Å². The van der Waals surface area contributed by atoms with Crippen molar-refractivity contribution in [1.82, 2.24) is 4.98 Å². The van der Waals surface area contributed by atoms with E-state index >= 15 is 0 Å². The van der Waals surface area contributed by atoms with Gasteiger partial charge in [-0.2, -0.15) is 0 Å². The third-order valence-electron chi connectivity index (χ3n) is 2.89. The minimum atomic E-state index is -1.30. The first-order valence-electron chi connectivity index (χ1n) is 5.29. The fourth-order valence-corrected chi connectivity index (χ4v) is 1.78. The smallest absolute Gasteiger partial charge is 0.338 e. The molecule has 0 spiro atoms. The maximum absolute atomic E-state index is 13.7. The predicted octanol–water partition coefficient (Wildman–Crippen LogP) is 1.51. The first-order chi connectivity index (χ1) is 8.11. The van der Waals surface area contributed by atoms with Crippen molar-refractivity contribution in [3.63, 3.8) is 0 Å². The molecule has 1 heterocycles. The van der Waals surface area contributed by atoms with Crippen molar-refractivity contribution in [3.8, 4) is 0 Å². The Balaban J connectivity index is 2.07. The van der Waals surface area contributed by atoms with Crippen LogP contribution >= 0.6 is 0 Å². The van der Waals surface area contributed by atoms with E-state index in [1.165, 1.54) is 6.20 Å². The van der Waals surface area contributed by atoms with Crippen molar-refractivity contribution >= 4 is 11.8 Å². The van der Waals surface area contributed by atoms with Gasteiger partial charge < -0.3 is 15.2 Å². The summed E-state index contributed by atoms with van der Waals surface area (Å²) >= 11 is 0. The molecule has 0 radical (unpaired) electrons. The molecule has 0 saturated heterocycles. The van der Waals surface area contributed by atoms with Crippen LogP contribution in [0.25, 0.3) is 0 Å². The number of halogens is 1. The van der Waals surface area contributed by atoms with Crippen LogP contribution in [0.5, 0.6) is 0 Å². The molecule has 2 rings (SSSR count). The van der Waals surface area contributed by atoms with Gasteiger partial charge in [-0.15, -0.1) is 0 Å². The number of aromatic nitrogens is 1. The minimum absolute atomic E-state index is 0.00977. The average Bonchev–Trinajstić information content (AvgIpc) is 2.24. The monoisotopic (exact) mass is 240 g/mol. The Morgan fingerprint density at radius 1 is 1.65 bits per heavy atom. The normalized spacial score (nSPS) is 22.9. The van der Waals surface area contributed by atoms with Gasteiger partial charge in [-0.05, 0) is 18.9 Å². The van der Waals surface area contributed by atoms with Gasteiger partial charge in [0, 0.05) is 19.3 Å². The number of anilines is 1. The van der Waals surface area contributed by atoms with Crippen LogP contribution in [0.15, 0.2) is 12.3 Å². The predicted molar refractivity (Wildman–Crippen MR) is 58.6 cm³/mol. The number of ether oxygens (including phenoxy) is 1. The molecule has 17 heavy (non-hydrogen) atoms. The van der Waals surface area contributed by atoms with E-state index in [1.807, 2.05) is 0 Å². The lowest BCUT2D eigenvalue weighted by Crippen LogP contribution is -2.40. The standard InChI is InChI=1S/C11H13FN2O3/c1-17-7-4-6(5-7)14-10-9(12)8(11(15)16)2-3-13-10/h2-3,6-7H,4-5H2,1H3,(H,13,14)(H,15,16). The maximum Gasteiger partial charge on any atom is 0.338 e. The zero-order chi connectivity index (χ0) is 12.4. The molecule has 1 aliphatic rings. The van der Waals surface area contributed by atoms with Gasteiger partial charge in [0.1, 0.15) is 5.56 Å². The summed E-state index contributed by atoms with van der Waals surface area (Å²) < 4.78 is 18.8. The fourth-order valence-electron chi connectivity index (χ4n) is 1.78. The minimum Gasteiger partial charge on any atom is -0.478 e. The third-order valence-corrected chi connectivity index (χ3v) is 2.89. The second-order valence-electron chi connectivity index (χ2n) is 4.00. The van der Waals surface area contributed by atoms with E-state index in [4.69, 9.17) is 9.84 Å². The number of aromatic carboxylic acids is 1. The second-order valence-corrected chi connectivity index (χ2v) is 4.00. The van der Waals surface area contributed by atoms with Gasteiger partial charge in [-0.1, -0.05) is 0 Å². The van der Waals surface area contributed by atoms with Gasteiger partial charge in [0.2, 0.25) is 0 Å². The highest BCUT2D eigenvalue weighted by Crippen LogP contribution is 2.27. The summed E-state index contributed by atoms with van der Waals surface area (Å²) in [5, 5.41) is 11.6. The number of rotatable bonds is 4. The largest absolute Gasteiger partial charge is 0.478 e. The fraction of sp³-hybridized carbons (Fsp3) is 0.455. The molecular formula is C11H13FN2O3. The molecule has 6 heteroatoms. The first kappa shape index (κ1) is 11.8. The summed E-state index contributed by atoms with van der Waals surface area (Å²) in [7, 11) is 1.63. The number of carboxylic acids is 1. The molecule has 2 N–H and O–H groups in total. The molecule has 1 aromatic heterocycles. The first-order valence-corrected chi connectivity index (χ1v) is 5.29. The lowest BCUT2D eigenvalue weighted by Gasteiger charge is -2.34. The number of pyridine rings is 1. The summed E-state index contributed by atoms with van der Waals surface area (Å²) in [5.74, 6) is -2.12. The number of hydrogen-bond donors (Lipinski definition) is 2. The summed E-state index contributed by atoms with van der Waals surface area (Å²) in [6, 6.07) is 1.23. The van der Waals surface area contributed by atoms with Crippen molar-refractivity contribution < 1.29 is 19.0 Å². The van der Waals surface area contributed by atoms with Crippen LogP contribution in [-0.2, 0) is 4.74 Å². The Labute approximate surface area is 97.6 Å². The van der Waals surface area contributed by atoms with E-state index in [9.17, 15) is 9.18 Å². The summed E-state index contributed by atoms with van der Waals surface area (Å²) in [5.41, 5.74) is -0.370. The SMILES string of the molecule is COC1CC(Nc2nccc(C(=O)O)c2F)C1. The van der Waals surface area contributed by atoms with Crippen molar-refractivity contribution in [3.05, 3.63) is 23.6 Å². The molecule has 0 bridgehead atoms.